The van der Waals surface area contributed by atoms with E-state index in [1.807, 2.05) is 24.3 Å². The molecule has 0 saturated carbocycles. The average Bonchev–Trinajstić information content (AvgIpc) is 2.60. The first-order valence-corrected chi connectivity index (χ1v) is 8.02. The van der Waals surface area contributed by atoms with Crippen LogP contribution in [0.1, 0.15) is 25.8 Å². The molecule has 2 rings (SSSR count). The van der Waals surface area contributed by atoms with Crippen molar-refractivity contribution in [2.45, 2.75) is 26.7 Å². The van der Waals surface area contributed by atoms with Gasteiger partial charge in [-0.3, -0.25) is 9.59 Å². The molecule has 5 nitrogen and oxygen atoms in total. The Balaban J connectivity index is 1.90. The van der Waals surface area contributed by atoms with Crippen LogP contribution in [0.3, 0.4) is 0 Å². The van der Waals surface area contributed by atoms with Gasteiger partial charge in [-0.05, 0) is 42.3 Å². The molecule has 24 heavy (non-hydrogen) atoms. The Kier molecular flexibility index (Phi) is 6.37. The van der Waals surface area contributed by atoms with Crippen LogP contribution >= 0.6 is 0 Å². The molecule has 0 saturated heterocycles. The van der Waals surface area contributed by atoms with Gasteiger partial charge in [0.1, 0.15) is 5.75 Å². The molecule has 0 heterocycles. The minimum absolute atomic E-state index is 0.0707. The Morgan fingerprint density at radius 3 is 2.25 bits per heavy atom. The van der Waals surface area contributed by atoms with Crippen molar-refractivity contribution in [3.63, 3.8) is 0 Å². The summed E-state index contributed by atoms with van der Waals surface area (Å²) in [5.74, 6) is 0.349. The molecule has 5 heteroatoms. The van der Waals surface area contributed by atoms with Crippen molar-refractivity contribution in [3.05, 3.63) is 54.1 Å². The molecular weight excluding hydrogens is 304 g/mol. The van der Waals surface area contributed by atoms with Crippen LogP contribution in [0.15, 0.2) is 48.5 Å². The molecule has 2 amide bonds. The molecule has 0 fully saturated rings. The number of nitrogens with one attached hydrogen (secondary N) is 2. The minimum atomic E-state index is -0.254. The van der Waals surface area contributed by atoms with E-state index in [0.717, 1.165) is 12.0 Å². The summed E-state index contributed by atoms with van der Waals surface area (Å²) in [5, 5.41) is 5.51. The number of carbonyl (C=O) groups excluding carboxylic acids is 2. The van der Waals surface area contributed by atoms with Crippen LogP contribution in [0.2, 0.25) is 0 Å². The molecular formula is C19H22N2O3. The number of hydrogen-bond donors (Lipinski definition) is 2. The van der Waals surface area contributed by atoms with Gasteiger partial charge in [0.25, 0.3) is 5.91 Å². The lowest BCUT2D eigenvalue weighted by molar-refractivity contribution is -0.118. The SMILES string of the molecule is CCC(=O)Nc1cccc(NC(=O)COc2cccc(CC)c2)c1. The van der Waals surface area contributed by atoms with E-state index in [4.69, 9.17) is 4.74 Å². The fourth-order valence-corrected chi connectivity index (χ4v) is 2.13. The zero-order chi connectivity index (χ0) is 17.4. The lowest BCUT2D eigenvalue weighted by Gasteiger charge is -2.10. The highest BCUT2D eigenvalue weighted by molar-refractivity contribution is 5.94. The van der Waals surface area contributed by atoms with Crippen molar-refractivity contribution >= 4 is 23.2 Å². The molecule has 126 valence electrons. The Hall–Kier alpha value is -2.82. The number of aryl methyl sites for hydroxylation is 1. The van der Waals surface area contributed by atoms with Crippen LogP contribution in [0.25, 0.3) is 0 Å². The molecule has 0 aliphatic rings. The summed E-state index contributed by atoms with van der Waals surface area (Å²) in [5.41, 5.74) is 2.42. The van der Waals surface area contributed by atoms with E-state index >= 15 is 0 Å². The largest absolute Gasteiger partial charge is 0.484 e. The smallest absolute Gasteiger partial charge is 0.262 e. The van der Waals surface area contributed by atoms with Gasteiger partial charge in [-0.1, -0.05) is 32.0 Å². The van der Waals surface area contributed by atoms with Crippen LogP contribution in [0, 0.1) is 0 Å². The molecule has 0 bridgehead atoms. The van der Waals surface area contributed by atoms with Crippen LogP contribution in [0.5, 0.6) is 5.75 Å². The van der Waals surface area contributed by atoms with Gasteiger partial charge >= 0.3 is 0 Å². The minimum Gasteiger partial charge on any atom is -0.484 e. The second-order valence-electron chi connectivity index (χ2n) is 5.32. The number of carbonyl (C=O) groups is 2. The molecule has 0 aliphatic carbocycles. The fraction of sp³-hybridized carbons (Fsp3) is 0.263. The van der Waals surface area contributed by atoms with Crippen molar-refractivity contribution in [3.8, 4) is 5.75 Å². The molecule has 2 aromatic carbocycles. The summed E-state index contributed by atoms with van der Waals surface area (Å²) in [6, 6.07) is 14.7. The number of amides is 2. The van der Waals surface area contributed by atoms with E-state index in [9.17, 15) is 9.59 Å². The molecule has 2 aromatic rings. The quantitative estimate of drug-likeness (QED) is 0.816. The standard InChI is InChI=1S/C19H22N2O3/c1-3-14-7-5-10-17(11-14)24-13-19(23)21-16-9-6-8-15(12-16)20-18(22)4-2/h5-12H,3-4,13H2,1-2H3,(H,20,22)(H,21,23). The van der Waals surface area contributed by atoms with Gasteiger partial charge in [-0.2, -0.15) is 0 Å². The van der Waals surface area contributed by atoms with Crippen LogP contribution in [-0.2, 0) is 16.0 Å². The zero-order valence-electron chi connectivity index (χ0n) is 14.0. The maximum atomic E-state index is 12.0. The fourth-order valence-electron chi connectivity index (χ4n) is 2.13. The van der Waals surface area contributed by atoms with Crippen molar-refractivity contribution in [2.24, 2.45) is 0 Å². The van der Waals surface area contributed by atoms with Crippen molar-refractivity contribution in [2.75, 3.05) is 17.2 Å². The number of ether oxygens (including phenoxy) is 1. The molecule has 0 aliphatic heterocycles. The highest BCUT2D eigenvalue weighted by Gasteiger charge is 2.06. The molecule has 0 atom stereocenters. The van der Waals surface area contributed by atoms with Crippen molar-refractivity contribution in [1.82, 2.24) is 0 Å². The summed E-state index contributed by atoms with van der Waals surface area (Å²) >= 11 is 0. The van der Waals surface area contributed by atoms with Crippen molar-refractivity contribution < 1.29 is 14.3 Å². The summed E-state index contributed by atoms with van der Waals surface area (Å²) in [6.45, 7) is 3.78. The average molecular weight is 326 g/mol. The monoisotopic (exact) mass is 326 g/mol. The third-order valence-corrected chi connectivity index (χ3v) is 3.43. The normalized spacial score (nSPS) is 10.1. The number of hydrogen-bond acceptors (Lipinski definition) is 3. The van der Waals surface area contributed by atoms with Crippen molar-refractivity contribution in [1.29, 1.82) is 0 Å². The van der Waals surface area contributed by atoms with Crippen LogP contribution < -0.4 is 15.4 Å². The van der Waals surface area contributed by atoms with Gasteiger partial charge in [-0.15, -0.1) is 0 Å². The van der Waals surface area contributed by atoms with Gasteiger partial charge in [-0.25, -0.2) is 0 Å². The predicted octanol–water partition coefficient (Wildman–Crippen LogP) is 3.62. The van der Waals surface area contributed by atoms with E-state index in [2.05, 4.69) is 17.6 Å². The maximum absolute atomic E-state index is 12.0. The van der Waals surface area contributed by atoms with E-state index in [1.54, 1.807) is 31.2 Å². The number of benzene rings is 2. The second-order valence-corrected chi connectivity index (χ2v) is 5.32. The second kappa shape index (κ2) is 8.72. The van der Waals surface area contributed by atoms with Gasteiger partial charge < -0.3 is 15.4 Å². The molecule has 0 aromatic heterocycles. The highest BCUT2D eigenvalue weighted by atomic mass is 16.5. The van der Waals surface area contributed by atoms with Gasteiger partial charge in [0.15, 0.2) is 6.61 Å². The summed E-state index contributed by atoms with van der Waals surface area (Å²) < 4.78 is 5.51. The summed E-state index contributed by atoms with van der Waals surface area (Å²) in [7, 11) is 0. The van der Waals surface area contributed by atoms with Crippen LogP contribution in [0.4, 0.5) is 11.4 Å². The van der Waals surface area contributed by atoms with E-state index < -0.39 is 0 Å². The molecule has 2 N–H and O–H groups in total. The van der Waals surface area contributed by atoms with E-state index in [0.29, 0.717) is 23.5 Å². The molecule has 0 unspecified atom stereocenters. The first-order valence-electron chi connectivity index (χ1n) is 8.02. The van der Waals surface area contributed by atoms with Crippen LogP contribution in [-0.4, -0.2) is 18.4 Å². The first-order chi connectivity index (χ1) is 11.6. The maximum Gasteiger partial charge on any atom is 0.262 e. The lowest BCUT2D eigenvalue weighted by atomic mass is 10.2. The van der Waals surface area contributed by atoms with E-state index in [-0.39, 0.29) is 18.4 Å². The topological polar surface area (TPSA) is 67.4 Å². The Labute approximate surface area is 142 Å². The summed E-state index contributed by atoms with van der Waals surface area (Å²) in [6.07, 6.45) is 1.32. The molecule has 0 radical (unpaired) electrons. The Bertz CT molecular complexity index is 713. The van der Waals surface area contributed by atoms with E-state index in [1.165, 1.54) is 0 Å². The molecule has 0 spiro atoms. The van der Waals surface area contributed by atoms with Gasteiger partial charge in [0.2, 0.25) is 5.91 Å². The highest BCUT2D eigenvalue weighted by Crippen LogP contribution is 2.16. The predicted molar refractivity (Wildman–Crippen MR) is 95.3 cm³/mol. The van der Waals surface area contributed by atoms with Gasteiger partial charge in [0.05, 0.1) is 0 Å². The zero-order valence-corrected chi connectivity index (χ0v) is 14.0. The lowest BCUT2D eigenvalue weighted by Crippen LogP contribution is -2.20. The van der Waals surface area contributed by atoms with Gasteiger partial charge in [0, 0.05) is 17.8 Å². The summed E-state index contributed by atoms with van der Waals surface area (Å²) in [4.78, 5) is 23.4. The number of anilines is 2. The third kappa shape index (κ3) is 5.43. The third-order valence-electron chi connectivity index (χ3n) is 3.43. The number of rotatable bonds is 7. The first kappa shape index (κ1) is 17.5. The Morgan fingerprint density at radius 2 is 1.58 bits per heavy atom. The Morgan fingerprint density at radius 1 is 0.917 bits per heavy atom.